The normalized spacial score (nSPS) is 11.3. The van der Waals surface area contributed by atoms with Crippen molar-refractivity contribution >= 4 is 27.3 Å². The maximum atomic E-state index is 11.3. The van der Waals surface area contributed by atoms with Gasteiger partial charge >= 0.3 is 0 Å². The number of nitrogen functional groups attached to an aromatic ring is 1. The highest BCUT2D eigenvalue weighted by molar-refractivity contribution is 7.89. The van der Waals surface area contributed by atoms with E-state index in [9.17, 15) is 8.42 Å². The predicted octanol–water partition coefficient (Wildman–Crippen LogP) is 2.36. The van der Waals surface area contributed by atoms with Crippen LogP contribution in [0.4, 0.5) is 5.69 Å². The quantitative estimate of drug-likeness (QED) is 0.850. The van der Waals surface area contributed by atoms with Crippen LogP contribution in [0.25, 0.3) is 0 Å². The molecular weight excluding hydrogens is 288 g/mol. The molecule has 0 atom stereocenters. The minimum Gasteiger partial charge on any atom is -0.455 e. The lowest BCUT2D eigenvalue weighted by molar-refractivity contribution is 0.483. The lowest BCUT2D eigenvalue weighted by Gasteiger charge is -2.09. The fourth-order valence-electron chi connectivity index (χ4n) is 1.41. The number of sulfonamides is 1. The summed E-state index contributed by atoms with van der Waals surface area (Å²) in [6.07, 6.45) is 0. The molecule has 2 aromatic rings. The Morgan fingerprint density at radius 3 is 2.26 bits per heavy atom. The van der Waals surface area contributed by atoms with Crippen LogP contribution in [-0.2, 0) is 10.0 Å². The molecule has 0 heterocycles. The van der Waals surface area contributed by atoms with Gasteiger partial charge in [-0.2, -0.15) is 0 Å². The summed E-state index contributed by atoms with van der Waals surface area (Å²) in [5.74, 6) is 0.705. The van der Waals surface area contributed by atoms with Crippen molar-refractivity contribution < 1.29 is 13.2 Å². The Bertz CT molecular complexity index is 699. The highest BCUT2D eigenvalue weighted by Crippen LogP contribution is 2.30. The van der Waals surface area contributed by atoms with Crippen LogP contribution in [0.5, 0.6) is 11.5 Å². The Morgan fingerprint density at radius 1 is 1.05 bits per heavy atom. The zero-order chi connectivity index (χ0) is 14.0. The maximum absolute atomic E-state index is 11.3. The third-order valence-corrected chi connectivity index (χ3v) is 3.52. The number of benzene rings is 2. The molecule has 2 rings (SSSR count). The maximum Gasteiger partial charge on any atom is 0.238 e. The second-order valence-corrected chi connectivity index (χ2v) is 5.80. The van der Waals surface area contributed by atoms with Gasteiger partial charge in [0.2, 0.25) is 10.0 Å². The molecular formula is C12H11ClN2O3S. The fourth-order valence-corrected chi connectivity index (χ4v) is 2.06. The van der Waals surface area contributed by atoms with Gasteiger partial charge in [-0.1, -0.05) is 11.6 Å². The molecule has 4 N–H and O–H groups in total. The molecule has 7 heteroatoms. The predicted molar refractivity (Wildman–Crippen MR) is 73.8 cm³/mol. The summed E-state index contributed by atoms with van der Waals surface area (Å²) >= 11 is 5.75. The lowest BCUT2D eigenvalue weighted by atomic mass is 10.3. The number of primary sulfonamides is 1. The van der Waals surface area contributed by atoms with Gasteiger partial charge in [0.05, 0.1) is 10.6 Å². The number of rotatable bonds is 3. The summed E-state index contributed by atoms with van der Waals surface area (Å²) in [6.45, 7) is 0. The van der Waals surface area contributed by atoms with Crippen molar-refractivity contribution in [1.82, 2.24) is 0 Å². The summed E-state index contributed by atoms with van der Waals surface area (Å²) in [4.78, 5) is -0.0642. The molecule has 0 aliphatic heterocycles. The van der Waals surface area contributed by atoms with Gasteiger partial charge in [-0.15, -0.1) is 0 Å². The summed E-state index contributed by atoms with van der Waals surface area (Å²) in [5.41, 5.74) is 6.03. The van der Waals surface area contributed by atoms with E-state index in [1.165, 1.54) is 18.2 Å². The van der Waals surface area contributed by atoms with E-state index in [1.807, 2.05) is 0 Å². The Balaban J connectivity index is 2.37. The van der Waals surface area contributed by atoms with Gasteiger partial charge in [-0.3, -0.25) is 0 Å². The second kappa shape index (κ2) is 5.08. The molecule has 0 aliphatic carbocycles. The van der Waals surface area contributed by atoms with E-state index in [0.717, 1.165) is 0 Å². The van der Waals surface area contributed by atoms with E-state index < -0.39 is 10.0 Å². The van der Waals surface area contributed by atoms with E-state index in [0.29, 0.717) is 16.5 Å². The zero-order valence-corrected chi connectivity index (χ0v) is 11.3. The average Bonchev–Trinajstić information content (AvgIpc) is 2.33. The van der Waals surface area contributed by atoms with Gasteiger partial charge in [0, 0.05) is 11.1 Å². The standard InChI is InChI=1S/C12H11ClN2O3S/c13-8-1-3-9(4-2-8)18-12-7-10(19(15,16)17)5-6-11(12)14/h1-7H,14H2,(H2,15,16,17). The molecule has 0 radical (unpaired) electrons. The van der Waals surface area contributed by atoms with Gasteiger partial charge in [0.15, 0.2) is 5.75 Å². The highest BCUT2D eigenvalue weighted by atomic mass is 35.5. The van der Waals surface area contributed by atoms with Crippen LogP contribution in [0.1, 0.15) is 0 Å². The summed E-state index contributed by atoms with van der Waals surface area (Å²) < 4.78 is 28.0. The average molecular weight is 299 g/mol. The molecule has 0 saturated heterocycles. The molecule has 0 unspecified atom stereocenters. The zero-order valence-electron chi connectivity index (χ0n) is 9.71. The Labute approximate surface area is 115 Å². The molecule has 2 aromatic carbocycles. The molecule has 0 amide bonds. The van der Waals surface area contributed by atoms with Crippen molar-refractivity contribution in [1.29, 1.82) is 0 Å². The van der Waals surface area contributed by atoms with E-state index in [1.54, 1.807) is 24.3 Å². The summed E-state index contributed by atoms with van der Waals surface area (Å²) in [7, 11) is -3.80. The minimum absolute atomic E-state index is 0.0642. The highest BCUT2D eigenvalue weighted by Gasteiger charge is 2.11. The van der Waals surface area contributed by atoms with Crippen molar-refractivity contribution in [2.45, 2.75) is 4.90 Å². The number of halogens is 1. The minimum atomic E-state index is -3.80. The first-order chi connectivity index (χ1) is 8.86. The molecule has 0 saturated carbocycles. The van der Waals surface area contributed by atoms with Crippen molar-refractivity contribution in [2.75, 3.05) is 5.73 Å². The van der Waals surface area contributed by atoms with Gasteiger partial charge in [-0.05, 0) is 36.4 Å². The van der Waals surface area contributed by atoms with Crippen molar-refractivity contribution in [2.24, 2.45) is 5.14 Å². The van der Waals surface area contributed by atoms with E-state index >= 15 is 0 Å². The van der Waals surface area contributed by atoms with E-state index in [2.05, 4.69) is 0 Å². The van der Waals surface area contributed by atoms with E-state index in [-0.39, 0.29) is 10.6 Å². The van der Waals surface area contributed by atoms with Crippen LogP contribution in [-0.4, -0.2) is 8.42 Å². The Kier molecular flexibility index (Phi) is 3.66. The van der Waals surface area contributed by atoms with Gasteiger partial charge in [0.1, 0.15) is 5.75 Å². The molecule has 0 fully saturated rings. The summed E-state index contributed by atoms with van der Waals surface area (Å²) in [5, 5.41) is 5.62. The van der Waals surface area contributed by atoms with Crippen LogP contribution < -0.4 is 15.6 Å². The number of hydrogen-bond donors (Lipinski definition) is 2. The van der Waals surface area contributed by atoms with Crippen molar-refractivity contribution in [3.63, 3.8) is 0 Å². The molecule has 100 valence electrons. The third kappa shape index (κ3) is 3.37. The number of anilines is 1. The van der Waals surface area contributed by atoms with Crippen LogP contribution in [0, 0.1) is 0 Å². The topological polar surface area (TPSA) is 95.4 Å². The first-order valence-electron chi connectivity index (χ1n) is 5.22. The number of ether oxygens (including phenoxy) is 1. The Hall–Kier alpha value is -1.76. The molecule has 0 spiro atoms. The SMILES string of the molecule is Nc1ccc(S(N)(=O)=O)cc1Oc1ccc(Cl)cc1. The Morgan fingerprint density at radius 2 is 1.68 bits per heavy atom. The molecule has 0 bridgehead atoms. The smallest absolute Gasteiger partial charge is 0.238 e. The first kappa shape index (κ1) is 13.7. The lowest BCUT2D eigenvalue weighted by Crippen LogP contribution is -2.12. The van der Waals surface area contributed by atoms with Gasteiger partial charge in [-0.25, -0.2) is 13.6 Å². The van der Waals surface area contributed by atoms with Crippen LogP contribution in [0.3, 0.4) is 0 Å². The fraction of sp³-hybridized carbons (Fsp3) is 0. The van der Waals surface area contributed by atoms with Gasteiger partial charge in [0.25, 0.3) is 0 Å². The molecule has 0 aromatic heterocycles. The second-order valence-electron chi connectivity index (χ2n) is 3.80. The largest absolute Gasteiger partial charge is 0.455 e. The van der Waals surface area contributed by atoms with Crippen LogP contribution in [0.2, 0.25) is 5.02 Å². The monoisotopic (exact) mass is 298 g/mol. The molecule has 5 nitrogen and oxygen atoms in total. The van der Waals surface area contributed by atoms with Crippen LogP contribution >= 0.6 is 11.6 Å². The van der Waals surface area contributed by atoms with E-state index in [4.69, 9.17) is 27.2 Å². The van der Waals surface area contributed by atoms with Crippen LogP contribution in [0.15, 0.2) is 47.4 Å². The number of hydrogen-bond acceptors (Lipinski definition) is 4. The van der Waals surface area contributed by atoms with Crippen molar-refractivity contribution in [3.8, 4) is 11.5 Å². The first-order valence-corrected chi connectivity index (χ1v) is 7.14. The molecule has 19 heavy (non-hydrogen) atoms. The van der Waals surface area contributed by atoms with Crippen molar-refractivity contribution in [3.05, 3.63) is 47.5 Å². The third-order valence-electron chi connectivity index (χ3n) is 2.36. The van der Waals surface area contributed by atoms with Gasteiger partial charge < -0.3 is 10.5 Å². The molecule has 0 aliphatic rings. The summed E-state index contributed by atoms with van der Waals surface area (Å²) in [6, 6.07) is 10.6. The number of nitrogens with two attached hydrogens (primary N) is 2.